The number of aliphatic hydroxyl groups excluding tert-OH is 1. The number of halogens is 4. The molecule has 10 heteroatoms. The third kappa shape index (κ3) is 4.46. The first-order valence-corrected chi connectivity index (χ1v) is 12.4. The molecule has 4 aliphatic rings. The Kier molecular flexibility index (Phi) is 6.47. The molecule has 1 aliphatic heterocycles. The Balaban J connectivity index is 1.22. The summed E-state index contributed by atoms with van der Waals surface area (Å²) in [5.74, 6) is -1.61. The summed E-state index contributed by atoms with van der Waals surface area (Å²) < 4.78 is 32.9. The van der Waals surface area contributed by atoms with Gasteiger partial charge in [-0.05, 0) is 67.5 Å². The second-order valence-electron chi connectivity index (χ2n) is 9.74. The summed E-state index contributed by atoms with van der Waals surface area (Å²) in [5.41, 5.74) is -0.0561. The molecule has 0 radical (unpaired) electrons. The first-order chi connectivity index (χ1) is 17.1. The monoisotopic (exact) mass is 536 g/mol. The number of ether oxygens (including phenoxy) is 1. The molecule has 1 atom stereocenters. The van der Waals surface area contributed by atoms with E-state index in [9.17, 15) is 23.5 Å². The number of carbonyl (C=O) groups is 2. The number of hydrogen-bond acceptors (Lipinski definition) is 4. The van der Waals surface area contributed by atoms with Crippen molar-refractivity contribution in [2.45, 2.75) is 49.3 Å². The molecule has 2 aromatic carbocycles. The maximum Gasteiger partial charge on any atom is 0.258 e. The minimum absolute atomic E-state index is 0.0194. The molecule has 190 valence electrons. The second-order valence-corrected chi connectivity index (χ2v) is 10.6. The Morgan fingerprint density at radius 1 is 1.08 bits per heavy atom. The lowest BCUT2D eigenvalue weighted by atomic mass is 9.59. The van der Waals surface area contributed by atoms with Crippen LogP contribution in [0.4, 0.5) is 8.78 Å². The molecule has 3 saturated carbocycles. The van der Waals surface area contributed by atoms with Crippen LogP contribution in [0.15, 0.2) is 42.5 Å². The third-order valence-electron chi connectivity index (χ3n) is 7.69. The number of hydrogen-bond donors (Lipinski definition) is 2. The van der Waals surface area contributed by atoms with Crippen LogP contribution >= 0.6 is 23.2 Å². The quantitative estimate of drug-likeness (QED) is 0.569. The molecule has 6 nitrogen and oxygen atoms in total. The molecule has 0 spiro atoms. The smallest absolute Gasteiger partial charge is 0.258 e. The van der Waals surface area contributed by atoms with Gasteiger partial charge in [0, 0.05) is 24.2 Å². The van der Waals surface area contributed by atoms with Gasteiger partial charge in [-0.15, -0.1) is 0 Å². The lowest BCUT2D eigenvalue weighted by Crippen LogP contribution is -2.70. The molecule has 6 rings (SSSR count). The zero-order chi connectivity index (χ0) is 25.7. The van der Waals surface area contributed by atoms with E-state index in [2.05, 4.69) is 5.32 Å². The van der Waals surface area contributed by atoms with Crippen LogP contribution in [0, 0.1) is 11.6 Å². The predicted octanol–water partition coefficient (Wildman–Crippen LogP) is 4.51. The number of rotatable bonds is 6. The van der Waals surface area contributed by atoms with Gasteiger partial charge >= 0.3 is 0 Å². The fourth-order valence-corrected chi connectivity index (χ4v) is 5.90. The average molecular weight is 537 g/mol. The lowest BCUT2D eigenvalue weighted by molar-refractivity contribution is -0.149. The highest BCUT2D eigenvalue weighted by atomic mass is 35.5. The highest BCUT2D eigenvalue weighted by Crippen LogP contribution is 2.51. The van der Waals surface area contributed by atoms with Crippen LogP contribution in [0.2, 0.25) is 10.0 Å². The Morgan fingerprint density at radius 2 is 1.75 bits per heavy atom. The van der Waals surface area contributed by atoms with Crippen molar-refractivity contribution < 1.29 is 28.2 Å². The first-order valence-electron chi connectivity index (χ1n) is 11.7. The van der Waals surface area contributed by atoms with Gasteiger partial charge in [0.2, 0.25) is 5.91 Å². The van der Waals surface area contributed by atoms with Crippen molar-refractivity contribution in [3.8, 4) is 5.75 Å². The van der Waals surface area contributed by atoms with E-state index in [1.54, 1.807) is 11.0 Å². The third-order valence-corrected chi connectivity index (χ3v) is 8.30. The van der Waals surface area contributed by atoms with Crippen LogP contribution in [0.1, 0.15) is 37.7 Å². The summed E-state index contributed by atoms with van der Waals surface area (Å²) in [6.07, 6.45) is 3.16. The lowest BCUT2D eigenvalue weighted by Gasteiger charge is -2.59. The van der Waals surface area contributed by atoms with Crippen LogP contribution < -0.4 is 10.1 Å². The Hall–Kier alpha value is -2.68. The number of carbonyl (C=O) groups excluding carboxylic acids is 2. The number of aliphatic hydroxyl groups is 1. The summed E-state index contributed by atoms with van der Waals surface area (Å²) in [6, 6.07) is 8.39. The van der Waals surface area contributed by atoms with Gasteiger partial charge in [-0.2, -0.15) is 0 Å². The Morgan fingerprint density at radius 3 is 2.39 bits per heavy atom. The summed E-state index contributed by atoms with van der Waals surface area (Å²) in [5, 5.41) is 14.0. The molecule has 0 saturated heterocycles. The standard InChI is InChI=1S/C26H24Cl2F2N2O4/c27-18-3-1-15(9-20(18)29)16-10-24(35)32(13-16)25-5-7-26(8-6-25,22(33)12-25)31-23(34)14-36-17-2-4-19(28)21(30)11-17/h1-4,9-11,22,33H,5-8,12-14H2,(H,31,34). The fourth-order valence-electron chi connectivity index (χ4n) is 5.66. The van der Waals surface area contributed by atoms with Gasteiger partial charge in [-0.25, -0.2) is 8.78 Å². The minimum atomic E-state index is -0.859. The molecule has 3 fully saturated rings. The molecule has 1 unspecified atom stereocenters. The summed E-state index contributed by atoms with van der Waals surface area (Å²) in [7, 11) is 0. The van der Waals surface area contributed by atoms with E-state index in [4.69, 9.17) is 27.9 Å². The minimum Gasteiger partial charge on any atom is -0.484 e. The molecule has 2 bridgehead atoms. The molecular formula is C26H24Cl2F2N2O4. The number of amides is 2. The van der Waals surface area contributed by atoms with Gasteiger partial charge in [-0.3, -0.25) is 9.59 Å². The number of benzene rings is 2. The van der Waals surface area contributed by atoms with Crippen LogP contribution in [-0.4, -0.2) is 52.2 Å². The average Bonchev–Trinajstić information content (AvgIpc) is 3.25. The van der Waals surface area contributed by atoms with E-state index in [1.165, 1.54) is 30.3 Å². The molecule has 3 aliphatic carbocycles. The molecule has 2 aromatic rings. The van der Waals surface area contributed by atoms with Crippen molar-refractivity contribution in [2.75, 3.05) is 13.2 Å². The first kappa shape index (κ1) is 25.0. The number of nitrogens with zero attached hydrogens (tertiary/aromatic N) is 1. The maximum atomic E-state index is 14.0. The van der Waals surface area contributed by atoms with Crippen molar-refractivity contribution in [3.05, 3.63) is 69.7 Å². The SMILES string of the molecule is O=C(COc1ccc(Cl)c(F)c1)NC12CCC(N3CC(c4ccc(Cl)c(F)c4)=CC3=O)(CC1)CC2O. The second kappa shape index (κ2) is 9.32. The summed E-state index contributed by atoms with van der Waals surface area (Å²) in [6.45, 7) is -0.0201. The molecule has 0 aromatic heterocycles. The van der Waals surface area contributed by atoms with Crippen LogP contribution in [0.25, 0.3) is 5.57 Å². The highest BCUT2D eigenvalue weighted by Gasteiger charge is 2.58. The van der Waals surface area contributed by atoms with Crippen LogP contribution in [-0.2, 0) is 9.59 Å². The van der Waals surface area contributed by atoms with Crippen molar-refractivity contribution in [3.63, 3.8) is 0 Å². The van der Waals surface area contributed by atoms with Crippen LogP contribution in [0.5, 0.6) is 5.75 Å². The number of nitrogens with one attached hydrogen (secondary N) is 1. The molecule has 2 N–H and O–H groups in total. The zero-order valence-electron chi connectivity index (χ0n) is 19.2. The van der Waals surface area contributed by atoms with Gasteiger partial charge in [0.15, 0.2) is 6.61 Å². The van der Waals surface area contributed by atoms with Gasteiger partial charge < -0.3 is 20.1 Å². The van der Waals surface area contributed by atoms with Crippen molar-refractivity contribution >= 4 is 40.6 Å². The number of fused-ring (bicyclic) bond motifs is 3. The van der Waals surface area contributed by atoms with E-state index in [0.717, 1.165) is 6.07 Å². The Bertz CT molecular complexity index is 1260. The zero-order valence-corrected chi connectivity index (χ0v) is 20.7. The topological polar surface area (TPSA) is 78.9 Å². The predicted molar refractivity (Wildman–Crippen MR) is 131 cm³/mol. The summed E-state index contributed by atoms with van der Waals surface area (Å²) >= 11 is 11.4. The molecular weight excluding hydrogens is 513 g/mol. The fraction of sp³-hybridized carbons (Fsp3) is 0.385. The van der Waals surface area contributed by atoms with E-state index in [-0.39, 0.29) is 28.3 Å². The van der Waals surface area contributed by atoms with Gasteiger partial charge in [0.05, 0.1) is 21.7 Å². The van der Waals surface area contributed by atoms with Crippen molar-refractivity contribution in [1.82, 2.24) is 10.2 Å². The van der Waals surface area contributed by atoms with Crippen LogP contribution in [0.3, 0.4) is 0 Å². The molecule has 1 heterocycles. The largest absolute Gasteiger partial charge is 0.484 e. The highest BCUT2D eigenvalue weighted by molar-refractivity contribution is 6.31. The van der Waals surface area contributed by atoms with E-state index >= 15 is 0 Å². The van der Waals surface area contributed by atoms with Crippen molar-refractivity contribution in [2.24, 2.45) is 0 Å². The van der Waals surface area contributed by atoms with E-state index in [1.807, 2.05) is 0 Å². The molecule has 36 heavy (non-hydrogen) atoms. The molecule has 2 amide bonds. The van der Waals surface area contributed by atoms with Gasteiger partial charge in [0.25, 0.3) is 5.91 Å². The maximum absolute atomic E-state index is 14.0. The van der Waals surface area contributed by atoms with E-state index in [0.29, 0.717) is 49.8 Å². The van der Waals surface area contributed by atoms with Crippen molar-refractivity contribution in [1.29, 1.82) is 0 Å². The summed E-state index contributed by atoms with van der Waals surface area (Å²) in [4.78, 5) is 27.3. The normalized spacial score (nSPS) is 27.2. The Labute approximate surface area is 216 Å². The van der Waals surface area contributed by atoms with Gasteiger partial charge in [0.1, 0.15) is 17.4 Å². The van der Waals surface area contributed by atoms with Gasteiger partial charge in [-0.1, -0.05) is 29.3 Å². The van der Waals surface area contributed by atoms with E-state index < -0.39 is 34.7 Å².